The van der Waals surface area contributed by atoms with Gasteiger partial charge in [0.2, 0.25) is 0 Å². The molecule has 0 aliphatic rings. The lowest BCUT2D eigenvalue weighted by Crippen LogP contribution is -2.41. The number of aryl methyl sites for hydroxylation is 2. The predicted octanol–water partition coefficient (Wildman–Crippen LogP) is 2.33. The molecule has 2 aromatic carbocycles. The minimum atomic E-state index is -0.469. The van der Waals surface area contributed by atoms with Gasteiger partial charge in [-0.25, -0.2) is 9.78 Å². The average molecular weight is 388 g/mol. The van der Waals surface area contributed by atoms with Crippen LogP contribution in [-0.4, -0.2) is 24.5 Å². The molecule has 0 saturated heterocycles. The fraction of sp³-hybridized carbons (Fsp3) is 0.182. The van der Waals surface area contributed by atoms with E-state index in [0.29, 0.717) is 36.0 Å². The molecular weight excluding hydrogens is 368 g/mol. The van der Waals surface area contributed by atoms with E-state index >= 15 is 0 Å². The molecule has 0 atom stereocenters. The normalized spacial score (nSPS) is 11.0. The highest BCUT2D eigenvalue weighted by Crippen LogP contribution is 2.09. The maximum absolute atomic E-state index is 13.1. The van der Waals surface area contributed by atoms with Crippen molar-refractivity contribution in [1.29, 1.82) is 0 Å². The first-order chi connectivity index (χ1) is 14.1. The Hall–Kier alpha value is -3.74. The van der Waals surface area contributed by atoms with Crippen LogP contribution in [0.3, 0.4) is 0 Å². The lowest BCUT2D eigenvalue weighted by Gasteiger charge is -2.14. The van der Waals surface area contributed by atoms with E-state index in [4.69, 9.17) is 0 Å². The molecule has 29 heavy (non-hydrogen) atoms. The first kappa shape index (κ1) is 18.6. The Bertz CT molecular complexity index is 1250. The predicted molar refractivity (Wildman–Crippen MR) is 110 cm³/mol. The van der Waals surface area contributed by atoms with Crippen LogP contribution in [0.4, 0.5) is 0 Å². The number of hydrogen-bond acceptors (Lipinski definition) is 4. The number of carbonyl (C=O) groups excluding carboxylic acids is 1. The second-order valence-corrected chi connectivity index (χ2v) is 6.79. The fourth-order valence-electron chi connectivity index (χ4n) is 3.42. The van der Waals surface area contributed by atoms with Crippen LogP contribution in [0.5, 0.6) is 0 Å². The quantitative estimate of drug-likeness (QED) is 0.455. The summed E-state index contributed by atoms with van der Waals surface area (Å²) in [7, 11) is 0. The van der Waals surface area contributed by atoms with Crippen LogP contribution < -0.4 is 11.2 Å². The molecule has 146 valence electrons. The summed E-state index contributed by atoms with van der Waals surface area (Å²) >= 11 is 0. The number of imidazole rings is 1. The number of carbonyl (C=O) groups is 1. The highest BCUT2D eigenvalue weighted by Gasteiger charge is 2.16. The van der Waals surface area contributed by atoms with Gasteiger partial charge in [0, 0.05) is 31.0 Å². The van der Waals surface area contributed by atoms with Crippen molar-refractivity contribution in [3.05, 3.63) is 99.7 Å². The van der Waals surface area contributed by atoms with Crippen LogP contribution in [0.1, 0.15) is 16.8 Å². The zero-order chi connectivity index (χ0) is 20.2. The van der Waals surface area contributed by atoms with Gasteiger partial charge in [0.1, 0.15) is 0 Å². The third-order valence-corrected chi connectivity index (χ3v) is 4.89. The number of para-hydroxylation sites is 1. The second-order valence-electron chi connectivity index (χ2n) is 6.79. The fourth-order valence-corrected chi connectivity index (χ4v) is 3.42. The summed E-state index contributed by atoms with van der Waals surface area (Å²) in [6, 6.07) is 15.7. The number of ketones is 1. The van der Waals surface area contributed by atoms with Crippen molar-refractivity contribution in [2.75, 3.05) is 0 Å². The Labute approximate surface area is 166 Å². The Balaban J connectivity index is 1.71. The van der Waals surface area contributed by atoms with E-state index in [1.807, 2.05) is 16.8 Å². The van der Waals surface area contributed by atoms with E-state index < -0.39 is 11.2 Å². The summed E-state index contributed by atoms with van der Waals surface area (Å²) in [4.78, 5) is 42.7. The van der Waals surface area contributed by atoms with Crippen LogP contribution in [0.2, 0.25) is 0 Å². The maximum Gasteiger partial charge on any atom is 0.331 e. The van der Waals surface area contributed by atoms with Crippen molar-refractivity contribution in [3.63, 3.8) is 0 Å². The average Bonchev–Trinajstić information content (AvgIpc) is 3.27. The molecule has 0 spiro atoms. The Morgan fingerprint density at radius 3 is 2.41 bits per heavy atom. The molecule has 0 bridgehead atoms. The van der Waals surface area contributed by atoms with E-state index in [1.165, 1.54) is 0 Å². The molecule has 0 unspecified atom stereocenters. The van der Waals surface area contributed by atoms with Gasteiger partial charge >= 0.3 is 5.69 Å². The molecule has 0 radical (unpaired) electrons. The van der Waals surface area contributed by atoms with E-state index in [9.17, 15) is 14.4 Å². The monoisotopic (exact) mass is 388 g/mol. The van der Waals surface area contributed by atoms with Crippen molar-refractivity contribution in [2.24, 2.45) is 0 Å². The van der Waals surface area contributed by atoms with Gasteiger partial charge in [0.05, 0.1) is 23.8 Å². The summed E-state index contributed by atoms with van der Waals surface area (Å²) in [5.41, 5.74) is 0.138. The van der Waals surface area contributed by atoms with Crippen molar-refractivity contribution in [2.45, 2.75) is 26.1 Å². The van der Waals surface area contributed by atoms with Crippen LogP contribution in [-0.2, 0) is 19.6 Å². The number of nitrogens with zero attached hydrogens (tertiary/aromatic N) is 4. The number of fused-ring (bicyclic) bond motifs is 1. The summed E-state index contributed by atoms with van der Waals surface area (Å²) < 4.78 is 4.54. The van der Waals surface area contributed by atoms with Crippen LogP contribution in [0.15, 0.2) is 82.9 Å². The molecule has 0 amide bonds. The standard InChI is InChI=1S/C22H20N4O3/c27-20(17-7-2-1-3-8-17)15-26-21(28)18-9-4-5-10-19(18)25(22(26)29)13-6-12-24-14-11-23-16-24/h1-5,7-11,14,16H,6,12-13,15H2. The third kappa shape index (κ3) is 3.80. The molecule has 0 aliphatic carbocycles. The van der Waals surface area contributed by atoms with Crippen LogP contribution >= 0.6 is 0 Å². The molecule has 2 heterocycles. The molecule has 0 N–H and O–H groups in total. The Morgan fingerprint density at radius 1 is 0.897 bits per heavy atom. The number of rotatable bonds is 7. The Kier molecular flexibility index (Phi) is 5.20. The first-order valence-corrected chi connectivity index (χ1v) is 9.41. The summed E-state index contributed by atoms with van der Waals surface area (Å²) in [6.07, 6.45) is 5.97. The number of hydrogen-bond donors (Lipinski definition) is 0. The molecule has 0 fully saturated rings. The SMILES string of the molecule is O=C(Cn1c(=O)c2ccccc2n(CCCn2ccnc2)c1=O)c1ccccc1. The highest BCUT2D eigenvalue weighted by molar-refractivity contribution is 5.96. The first-order valence-electron chi connectivity index (χ1n) is 9.41. The van der Waals surface area contributed by atoms with Crippen molar-refractivity contribution in [1.82, 2.24) is 18.7 Å². The van der Waals surface area contributed by atoms with Gasteiger partial charge in [-0.15, -0.1) is 0 Å². The molecule has 0 saturated carbocycles. The van der Waals surface area contributed by atoms with E-state index in [0.717, 1.165) is 4.57 Å². The molecule has 4 rings (SSSR count). The lowest BCUT2D eigenvalue weighted by atomic mass is 10.1. The van der Waals surface area contributed by atoms with Gasteiger partial charge in [0.25, 0.3) is 5.56 Å². The largest absolute Gasteiger partial charge is 0.337 e. The number of Topliss-reactive ketones (excluding diaryl/α,β-unsaturated/α-hetero) is 1. The van der Waals surface area contributed by atoms with Gasteiger partial charge in [0.15, 0.2) is 5.78 Å². The molecule has 0 aliphatic heterocycles. The van der Waals surface area contributed by atoms with Gasteiger partial charge in [-0.2, -0.15) is 0 Å². The smallest absolute Gasteiger partial charge is 0.331 e. The molecule has 2 aromatic heterocycles. The summed E-state index contributed by atoms with van der Waals surface area (Å²) in [6.45, 7) is 0.841. The minimum absolute atomic E-state index is 0.273. The summed E-state index contributed by atoms with van der Waals surface area (Å²) in [5, 5.41) is 0.426. The van der Waals surface area contributed by atoms with Gasteiger partial charge in [-0.3, -0.25) is 18.7 Å². The molecular formula is C22H20N4O3. The molecule has 7 nitrogen and oxygen atoms in total. The minimum Gasteiger partial charge on any atom is -0.337 e. The van der Waals surface area contributed by atoms with E-state index in [1.54, 1.807) is 65.6 Å². The van der Waals surface area contributed by atoms with Crippen molar-refractivity contribution in [3.8, 4) is 0 Å². The van der Waals surface area contributed by atoms with E-state index in [-0.39, 0.29) is 12.3 Å². The molecule has 7 heteroatoms. The number of benzene rings is 2. The second kappa shape index (κ2) is 8.10. The third-order valence-electron chi connectivity index (χ3n) is 4.89. The topological polar surface area (TPSA) is 78.9 Å². The van der Waals surface area contributed by atoms with Gasteiger partial charge in [-0.1, -0.05) is 42.5 Å². The van der Waals surface area contributed by atoms with E-state index in [2.05, 4.69) is 4.98 Å². The number of aromatic nitrogens is 4. The lowest BCUT2D eigenvalue weighted by molar-refractivity contribution is 0.0968. The van der Waals surface area contributed by atoms with Crippen molar-refractivity contribution >= 4 is 16.7 Å². The zero-order valence-electron chi connectivity index (χ0n) is 15.8. The summed E-state index contributed by atoms with van der Waals surface area (Å²) in [5.74, 6) is -0.273. The zero-order valence-corrected chi connectivity index (χ0v) is 15.8. The highest BCUT2D eigenvalue weighted by atomic mass is 16.2. The van der Waals surface area contributed by atoms with Gasteiger partial charge in [-0.05, 0) is 18.6 Å². The van der Waals surface area contributed by atoms with Crippen molar-refractivity contribution < 1.29 is 4.79 Å². The molecule has 4 aromatic rings. The maximum atomic E-state index is 13.1. The van der Waals surface area contributed by atoms with Gasteiger partial charge < -0.3 is 4.57 Å². The van der Waals surface area contributed by atoms with Crippen LogP contribution in [0, 0.1) is 0 Å². The van der Waals surface area contributed by atoms with Crippen LogP contribution in [0.25, 0.3) is 10.9 Å². The Morgan fingerprint density at radius 2 is 1.66 bits per heavy atom.